The van der Waals surface area contributed by atoms with Gasteiger partial charge in [0.15, 0.2) is 0 Å². The summed E-state index contributed by atoms with van der Waals surface area (Å²) in [7, 11) is 1.55. The zero-order valence-electron chi connectivity index (χ0n) is 15.9. The second-order valence-corrected chi connectivity index (χ2v) is 6.59. The van der Waals surface area contributed by atoms with Crippen LogP contribution in [0.1, 0.15) is 30.5 Å². The molecule has 1 heterocycles. The van der Waals surface area contributed by atoms with Crippen LogP contribution in [-0.2, 0) is 4.79 Å². The molecule has 6 nitrogen and oxygen atoms in total. The Balaban J connectivity index is 1.88. The van der Waals surface area contributed by atoms with Crippen LogP contribution in [0, 0.1) is 5.82 Å². The fourth-order valence-electron chi connectivity index (χ4n) is 3.17. The summed E-state index contributed by atoms with van der Waals surface area (Å²) in [5.41, 5.74) is 1.81. The first-order valence-electron chi connectivity index (χ1n) is 9.19. The smallest absolute Gasteiger partial charge is 0.317 e. The lowest BCUT2D eigenvalue weighted by molar-refractivity contribution is -0.133. The Bertz CT molecular complexity index is 885. The highest BCUT2D eigenvalue weighted by Crippen LogP contribution is 2.33. The molecule has 0 saturated heterocycles. The van der Waals surface area contributed by atoms with Crippen molar-refractivity contribution in [2.45, 2.75) is 19.4 Å². The average Bonchev–Trinajstić information content (AvgIpc) is 3.14. The van der Waals surface area contributed by atoms with Gasteiger partial charge in [0.05, 0.1) is 11.8 Å². The lowest BCUT2D eigenvalue weighted by atomic mass is 9.98. The second kappa shape index (κ2) is 8.65. The number of halogens is 1. The zero-order valence-corrected chi connectivity index (χ0v) is 15.9. The molecule has 1 aliphatic heterocycles. The highest BCUT2D eigenvalue weighted by Gasteiger charge is 2.34. The zero-order chi connectivity index (χ0) is 20.1. The van der Waals surface area contributed by atoms with Crippen LogP contribution in [-0.4, -0.2) is 47.7 Å². The third-order valence-corrected chi connectivity index (χ3v) is 4.58. The number of hydrogen-bond donors (Lipinski definition) is 1. The fourth-order valence-corrected chi connectivity index (χ4v) is 3.17. The van der Waals surface area contributed by atoms with Gasteiger partial charge in [0.1, 0.15) is 12.4 Å². The van der Waals surface area contributed by atoms with E-state index in [0.717, 1.165) is 5.56 Å². The van der Waals surface area contributed by atoms with Crippen molar-refractivity contribution >= 4 is 17.6 Å². The minimum Gasteiger partial charge on any atom is -0.338 e. The number of hydrazone groups is 1. The largest absolute Gasteiger partial charge is 0.338 e. The Labute approximate surface area is 163 Å². The number of benzene rings is 2. The summed E-state index contributed by atoms with van der Waals surface area (Å²) in [6.45, 7) is 2.16. The molecule has 0 unspecified atom stereocenters. The summed E-state index contributed by atoms with van der Waals surface area (Å²) in [6, 6.07) is 15.2. The summed E-state index contributed by atoms with van der Waals surface area (Å²) >= 11 is 0. The maximum atomic E-state index is 14.3. The molecule has 3 rings (SSSR count). The fraction of sp³-hybridized carbons (Fsp3) is 0.286. The Kier molecular flexibility index (Phi) is 6.03. The van der Waals surface area contributed by atoms with Crippen molar-refractivity contribution in [1.29, 1.82) is 0 Å². The first kappa shape index (κ1) is 19.5. The molecule has 1 N–H and O–H groups in total. The van der Waals surface area contributed by atoms with Gasteiger partial charge in [-0.3, -0.25) is 4.79 Å². The predicted octanol–water partition coefficient (Wildman–Crippen LogP) is 3.16. The predicted molar refractivity (Wildman–Crippen MR) is 105 cm³/mol. The van der Waals surface area contributed by atoms with E-state index in [1.165, 1.54) is 16.0 Å². The van der Waals surface area contributed by atoms with Crippen LogP contribution >= 0.6 is 0 Å². The van der Waals surface area contributed by atoms with Crippen molar-refractivity contribution < 1.29 is 14.0 Å². The van der Waals surface area contributed by atoms with Crippen LogP contribution in [0.2, 0.25) is 0 Å². The topological polar surface area (TPSA) is 65.0 Å². The highest BCUT2D eigenvalue weighted by atomic mass is 19.1. The molecule has 3 amide bonds. The van der Waals surface area contributed by atoms with E-state index in [1.807, 2.05) is 37.3 Å². The molecular formula is C21H23FN4O2. The van der Waals surface area contributed by atoms with Gasteiger partial charge in [-0.05, 0) is 18.6 Å². The third kappa shape index (κ3) is 4.19. The van der Waals surface area contributed by atoms with Crippen molar-refractivity contribution in [3.05, 3.63) is 71.5 Å². The maximum Gasteiger partial charge on any atom is 0.317 e. The van der Waals surface area contributed by atoms with Crippen LogP contribution in [0.15, 0.2) is 59.7 Å². The number of nitrogens with one attached hydrogen (secondary N) is 1. The minimum absolute atomic E-state index is 0.122. The normalized spacial score (nSPS) is 15.9. The monoisotopic (exact) mass is 382 g/mol. The average molecular weight is 382 g/mol. The molecule has 1 aliphatic rings. The molecule has 2 aromatic rings. The summed E-state index contributed by atoms with van der Waals surface area (Å²) in [5, 5.41) is 8.46. The third-order valence-electron chi connectivity index (χ3n) is 4.58. The SMILES string of the molecule is CCNC(=O)N(C)CC(=O)N1N=C(c2ccccc2F)C[C@H]1c1ccccc1. The molecule has 146 valence electrons. The molecule has 0 radical (unpaired) electrons. The lowest BCUT2D eigenvalue weighted by Gasteiger charge is -2.25. The Morgan fingerprint density at radius 2 is 1.86 bits per heavy atom. The molecule has 0 aromatic heterocycles. The number of amides is 3. The van der Waals surface area contributed by atoms with Gasteiger partial charge < -0.3 is 10.2 Å². The van der Waals surface area contributed by atoms with Crippen LogP contribution in [0.4, 0.5) is 9.18 Å². The quantitative estimate of drug-likeness (QED) is 0.863. The van der Waals surface area contributed by atoms with Crippen molar-refractivity contribution in [2.24, 2.45) is 5.10 Å². The van der Waals surface area contributed by atoms with E-state index < -0.39 is 0 Å². The lowest BCUT2D eigenvalue weighted by Crippen LogP contribution is -2.43. The van der Waals surface area contributed by atoms with Crippen molar-refractivity contribution in [1.82, 2.24) is 15.2 Å². The van der Waals surface area contributed by atoms with Crippen LogP contribution in [0.5, 0.6) is 0 Å². The first-order valence-corrected chi connectivity index (χ1v) is 9.19. The van der Waals surface area contributed by atoms with E-state index in [0.29, 0.717) is 24.2 Å². The number of carbonyl (C=O) groups is 2. The highest BCUT2D eigenvalue weighted by molar-refractivity contribution is 6.03. The molecule has 28 heavy (non-hydrogen) atoms. The standard InChI is InChI=1S/C21H23FN4O2/c1-3-23-21(28)25(2)14-20(27)26-19(15-9-5-4-6-10-15)13-18(24-26)16-11-7-8-12-17(16)22/h4-12,19H,3,13-14H2,1-2H3,(H,23,28)/t19-/m0/s1. The Hall–Kier alpha value is -3.22. The summed E-state index contributed by atoms with van der Waals surface area (Å²) in [6.07, 6.45) is 0.404. The second-order valence-electron chi connectivity index (χ2n) is 6.59. The van der Waals surface area contributed by atoms with E-state index in [2.05, 4.69) is 10.4 Å². The number of carbonyl (C=O) groups excluding carboxylic acids is 2. The van der Waals surface area contributed by atoms with E-state index in [9.17, 15) is 14.0 Å². The first-order chi connectivity index (χ1) is 13.5. The number of urea groups is 1. The number of nitrogens with zero attached hydrogens (tertiary/aromatic N) is 3. The molecule has 0 bridgehead atoms. The molecule has 0 fully saturated rings. The summed E-state index contributed by atoms with van der Waals surface area (Å²) in [4.78, 5) is 26.2. The molecule has 0 saturated carbocycles. The van der Waals surface area contributed by atoms with Crippen molar-refractivity contribution in [3.8, 4) is 0 Å². The van der Waals surface area contributed by atoms with Gasteiger partial charge in [-0.2, -0.15) is 5.10 Å². The molecule has 7 heteroatoms. The maximum absolute atomic E-state index is 14.3. The van der Waals surface area contributed by atoms with Gasteiger partial charge in [0.25, 0.3) is 5.91 Å². The van der Waals surface area contributed by atoms with E-state index in [1.54, 1.807) is 25.2 Å². The molecule has 1 atom stereocenters. The Morgan fingerprint density at radius 3 is 2.54 bits per heavy atom. The summed E-state index contributed by atoms with van der Waals surface area (Å²) < 4.78 is 14.3. The van der Waals surface area contributed by atoms with Crippen LogP contribution in [0.3, 0.4) is 0 Å². The van der Waals surface area contributed by atoms with Gasteiger partial charge in [0, 0.05) is 25.6 Å². The van der Waals surface area contributed by atoms with E-state index in [4.69, 9.17) is 0 Å². The van der Waals surface area contributed by atoms with Gasteiger partial charge in [-0.1, -0.05) is 48.5 Å². The number of rotatable bonds is 5. The van der Waals surface area contributed by atoms with E-state index >= 15 is 0 Å². The van der Waals surface area contributed by atoms with Gasteiger partial charge in [-0.25, -0.2) is 14.2 Å². The van der Waals surface area contributed by atoms with Crippen molar-refractivity contribution in [2.75, 3.05) is 20.1 Å². The van der Waals surface area contributed by atoms with Crippen molar-refractivity contribution in [3.63, 3.8) is 0 Å². The molecule has 0 aliphatic carbocycles. The van der Waals surface area contributed by atoms with Gasteiger partial charge in [-0.15, -0.1) is 0 Å². The molecule has 0 spiro atoms. The van der Waals surface area contributed by atoms with Crippen LogP contribution in [0.25, 0.3) is 0 Å². The molecule has 2 aromatic carbocycles. The van der Waals surface area contributed by atoms with E-state index in [-0.39, 0.29) is 30.3 Å². The van der Waals surface area contributed by atoms with Gasteiger partial charge in [0.2, 0.25) is 0 Å². The summed E-state index contributed by atoms with van der Waals surface area (Å²) in [5.74, 6) is -0.698. The Morgan fingerprint density at radius 1 is 1.18 bits per heavy atom. The molecular weight excluding hydrogens is 359 g/mol. The van der Waals surface area contributed by atoms with Gasteiger partial charge >= 0.3 is 6.03 Å². The van der Waals surface area contributed by atoms with Crippen LogP contribution < -0.4 is 5.32 Å². The number of hydrogen-bond acceptors (Lipinski definition) is 3. The number of likely N-dealkylation sites (N-methyl/N-ethyl adjacent to an activating group) is 1. The minimum atomic E-state index is -0.373.